The molecule has 2 nitrogen and oxygen atoms in total. The van der Waals surface area contributed by atoms with Crippen molar-refractivity contribution in [1.29, 1.82) is 0 Å². The lowest BCUT2D eigenvalue weighted by atomic mass is 9.44. The number of aliphatic hydroxyl groups is 1. The van der Waals surface area contributed by atoms with Gasteiger partial charge in [-0.3, -0.25) is 4.79 Å². The zero-order chi connectivity index (χ0) is 19.4. The Balaban J connectivity index is 1.75. The van der Waals surface area contributed by atoms with Crippen LogP contribution >= 0.6 is 0 Å². The summed E-state index contributed by atoms with van der Waals surface area (Å²) in [5.41, 5.74) is 2.40. The number of halogens is 1. The predicted octanol–water partition coefficient (Wildman–Crippen LogP) is 5.76. The van der Waals surface area contributed by atoms with Gasteiger partial charge in [-0.05, 0) is 84.7 Å². The normalized spacial score (nSPS) is 45.7. The average molecular weight is 375 g/mol. The molecule has 3 fully saturated rings. The van der Waals surface area contributed by atoms with Crippen molar-refractivity contribution in [2.24, 2.45) is 34.5 Å². The summed E-state index contributed by atoms with van der Waals surface area (Å²) in [7, 11) is 0. The van der Waals surface area contributed by atoms with Gasteiger partial charge in [-0.25, -0.2) is 4.39 Å². The molecule has 0 aromatic carbocycles. The lowest BCUT2D eigenvalue weighted by molar-refractivity contribution is -0.118. The Hall–Kier alpha value is -0.960. The molecule has 3 heteroatoms. The second-order valence-electron chi connectivity index (χ2n) is 10.1. The average Bonchev–Trinajstić information content (AvgIpc) is 3.00. The fourth-order valence-corrected chi connectivity index (χ4v) is 7.73. The minimum Gasteiger partial charge on any atom is -0.389 e. The molecule has 4 rings (SSSR count). The Morgan fingerprint density at radius 1 is 1.19 bits per heavy atom. The van der Waals surface area contributed by atoms with Crippen LogP contribution in [0.5, 0.6) is 0 Å². The number of hydrogen-bond donors (Lipinski definition) is 1. The summed E-state index contributed by atoms with van der Waals surface area (Å²) in [5.74, 6) is 2.44. The SMILES string of the molecule is CCC[C@H]1CC2=CC(=O)CC[C@]2(C)[C@H]2CC[C@]3(C)C(=C(F)CO)CC[C@H]3[C@H]12. The van der Waals surface area contributed by atoms with Gasteiger partial charge < -0.3 is 5.11 Å². The molecular weight excluding hydrogens is 339 g/mol. The third kappa shape index (κ3) is 2.79. The van der Waals surface area contributed by atoms with Crippen LogP contribution in [0.1, 0.15) is 78.6 Å². The third-order valence-electron chi connectivity index (χ3n) is 9.05. The standard InChI is InChI=1S/C24H35FO2/c1-4-5-15-12-16-13-17(27)8-10-23(16,2)20-9-11-24(3)18(21(25)14-26)6-7-19(24)22(15)20/h13,15,19-20,22,26H,4-12,14H2,1-3H3/t15-,19-,20-,22-,23-,24+/m0/s1. The van der Waals surface area contributed by atoms with Crippen LogP contribution in [0, 0.1) is 34.5 Å². The molecule has 6 atom stereocenters. The highest BCUT2D eigenvalue weighted by molar-refractivity contribution is 5.91. The third-order valence-corrected chi connectivity index (χ3v) is 9.05. The molecule has 3 saturated carbocycles. The Labute approximate surface area is 163 Å². The van der Waals surface area contributed by atoms with E-state index < -0.39 is 6.61 Å². The van der Waals surface area contributed by atoms with E-state index in [-0.39, 0.29) is 16.7 Å². The summed E-state index contributed by atoms with van der Waals surface area (Å²) in [6.45, 7) is 6.49. The molecule has 0 amide bonds. The van der Waals surface area contributed by atoms with E-state index in [9.17, 15) is 14.3 Å². The van der Waals surface area contributed by atoms with E-state index in [1.807, 2.05) is 6.08 Å². The van der Waals surface area contributed by atoms with E-state index in [1.165, 1.54) is 18.4 Å². The van der Waals surface area contributed by atoms with Gasteiger partial charge in [0, 0.05) is 6.42 Å². The molecule has 0 aromatic heterocycles. The number of fused-ring (bicyclic) bond motifs is 5. The molecular formula is C24H35FO2. The van der Waals surface area contributed by atoms with Crippen molar-refractivity contribution in [2.75, 3.05) is 6.61 Å². The maximum Gasteiger partial charge on any atom is 0.155 e. The molecule has 0 bridgehead atoms. The molecule has 4 aliphatic rings. The summed E-state index contributed by atoms with van der Waals surface area (Å²) < 4.78 is 14.5. The smallest absolute Gasteiger partial charge is 0.155 e. The first kappa shape index (κ1) is 19.4. The lowest BCUT2D eigenvalue weighted by Crippen LogP contribution is -2.53. The quantitative estimate of drug-likeness (QED) is 0.682. The predicted molar refractivity (Wildman–Crippen MR) is 106 cm³/mol. The second kappa shape index (κ2) is 6.83. The van der Waals surface area contributed by atoms with Crippen LogP contribution in [-0.2, 0) is 4.79 Å². The summed E-state index contributed by atoms with van der Waals surface area (Å²) in [4.78, 5) is 12.1. The largest absolute Gasteiger partial charge is 0.389 e. The molecule has 4 aliphatic carbocycles. The number of aliphatic hydroxyl groups excluding tert-OH is 1. The maximum absolute atomic E-state index is 14.5. The van der Waals surface area contributed by atoms with Gasteiger partial charge in [0.1, 0.15) is 5.83 Å². The van der Waals surface area contributed by atoms with Crippen molar-refractivity contribution >= 4 is 5.78 Å². The van der Waals surface area contributed by atoms with Gasteiger partial charge in [-0.1, -0.05) is 39.2 Å². The minimum absolute atomic E-state index is 0.0813. The maximum atomic E-state index is 14.5. The van der Waals surface area contributed by atoms with Gasteiger partial charge in [-0.2, -0.15) is 0 Å². The fourth-order valence-electron chi connectivity index (χ4n) is 7.73. The van der Waals surface area contributed by atoms with Gasteiger partial charge in [-0.15, -0.1) is 0 Å². The van der Waals surface area contributed by atoms with Crippen LogP contribution in [0.2, 0.25) is 0 Å². The molecule has 0 unspecified atom stereocenters. The Morgan fingerprint density at radius 2 is 1.93 bits per heavy atom. The van der Waals surface area contributed by atoms with Gasteiger partial charge in [0.05, 0.1) is 6.61 Å². The van der Waals surface area contributed by atoms with E-state index in [0.717, 1.165) is 44.1 Å². The number of carbonyl (C=O) groups is 1. The first-order chi connectivity index (χ1) is 12.8. The van der Waals surface area contributed by atoms with Crippen LogP contribution in [0.3, 0.4) is 0 Å². The fraction of sp³-hybridized carbons (Fsp3) is 0.792. The Bertz CT molecular complexity index is 692. The number of hydrogen-bond acceptors (Lipinski definition) is 2. The van der Waals surface area contributed by atoms with Crippen LogP contribution in [-0.4, -0.2) is 17.5 Å². The molecule has 0 aromatic rings. The molecule has 27 heavy (non-hydrogen) atoms. The summed E-state index contributed by atoms with van der Waals surface area (Å²) >= 11 is 0. The van der Waals surface area contributed by atoms with Crippen LogP contribution in [0.4, 0.5) is 4.39 Å². The van der Waals surface area contributed by atoms with E-state index in [0.29, 0.717) is 35.9 Å². The van der Waals surface area contributed by atoms with E-state index in [2.05, 4.69) is 20.8 Å². The second-order valence-corrected chi connectivity index (χ2v) is 10.1. The first-order valence-corrected chi connectivity index (χ1v) is 11.1. The highest BCUT2D eigenvalue weighted by Crippen LogP contribution is 2.68. The zero-order valence-electron chi connectivity index (χ0n) is 17.2. The van der Waals surface area contributed by atoms with Crippen molar-refractivity contribution in [3.63, 3.8) is 0 Å². The van der Waals surface area contributed by atoms with E-state index in [1.54, 1.807) is 0 Å². The van der Waals surface area contributed by atoms with Crippen molar-refractivity contribution in [2.45, 2.75) is 78.6 Å². The van der Waals surface area contributed by atoms with Gasteiger partial charge >= 0.3 is 0 Å². The highest BCUT2D eigenvalue weighted by atomic mass is 19.1. The van der Waals surface area contributed by atoms with Crippen molar-refractivity contribution in [1.82, 2.24) is 0 Å². The molecule has 0 saturated heterocycles. The van der Waals surface area contributed by atoms with Crippen LogP contribution in [0.15, 0.2) is 23.0 Å². The van der Waals surface area contributed by atoms with Crippen LogP contribution in [0.25, 0.3) is 0 Å². The molecule has 0 radical (unpaired) electrons. The Kier molecular flexibility index (Phi) is 4.90. The summed E-state index contributed by atoms with van der Waals surface area (Å²) in [6.07, 6.45) is 11.1. The van der Waals surface area contributed by atoms with Crippen molar-refractivity contribution in [3.8, 4) is 0 Å². The number of rotatable bonds is 3. The van der Waals surface area contributed by atoms with Gasteiger partial charge in [0.15, 0.2) is 5.78 Å². The molecule has 1 N–H and O–H groups in total. The molecule has 0 aliphatic heterocycles. The van der Waals surface area contributed by atoms with Gasteiger partial charge in [0.2, 0.25) is 0 Å². The topological polar surface area (TPSA) is 37.3 Å². The monoisotopic (exact) mass is 374 g/mol. The summed E-state index contributed by atoms with van der Waals surface area (Å²) in [6, 6.07) is 0. The lowest BCUT2D eigenvalue weighted by Gasteiger charge is -2.60. The molecule has 0 heterocycles. The van der Waals surface area contributed by atoms with Crippen LogP contribution < -0.4 is 0 Å². The Morgan fingerprint density at radius 3 is 2.63 bits per heavy atom. The number of carbonyl (C=O) groups excluding carboxylic acids is 1. The number of allylic oxidation sites excluding steroid dienone is 2. The molecule has 150 valence electrons. The number of ketones is 1. The van der Waals surface area contributed by atoms with Crippen molar-refractivity contribution < 1.29 is 14.3 Å². The van der Waals surface area contributed by atoms with E-state index in [4.69, 9.17) is 0 Å². The van der Waals surface area contributed by atoms with Crippen molar-refractivity contribution in [3.05, 3.63) is 23.0 Å². The highest BCUT2D eigenvalue weighted by Gasteiger charge is 2.60. The zero-order valence-corrected chi connectivity index (χ0v) is 17.2. The first-order valence-electron chi connectivity index (χ1n) is 11.1. The van der Waals surface area contributed by atoms with Gasteiger partial charge in [0.25, 0.3) is 0 Å². The summed E-state index contributed by atoms with van der Waals surface area (Å²) in [5, 5.41) is 9.42. The minimum atomic E-state index is -0.448. The van der Waals surface area contributed by atoms with E-state index >= 15 is 0 Å². The molecule has 0 spiro atoms.